The van der Waals surface area contributed by atoms with Crippen LogP contribution in [0.2, 0.25) is 0 Å². The fourth-order valence-corrected chi connectivity index (χ4v) is 1.50. The van der Waals surface area contributed by atoms with E-state index in [4.69, 9.17) is 0 Å². The topological polar surface area (TPSA) is 4.44 Å². The Balaban J connectivity index is 2.66. The van der Waals surface area contributed by atoms with Gasteiger partial charge in [0.25, 0.3) is 0 Å². The maximum Gasteiger partial charge on any atom is 0.131 e. The van der Waals surface area contributed by atoms with Crippen LogP contribution in [-0.4, -0.2) is 13.1 Å². The molecule has 1 N–H and O–H groups in total. The van der Waals surface area contributed by atoms with Gasteiger partial charge >= 0.3 is 0 Å². The largest absolute Gasteiger partial charge is 0.303 e. The molecule has 0 aliphatic carbocycles. The second-order valence-electron chi connectivity index (χ2n) is 3.07. The first kappa shape index (κ1) is 9.27. The van der Waals surface area contributed by atoms with Gasteiger partial charge in [0.1, 0.15) is 5.69 Å². The van der Waals surface area contributed by atoms with E-state index in [0.29, 0.717) is 0 Å². The molecule has 1 unspecified atom stereocenters. The lowest BCUT2D eigenvalue weighted by Crippen LogP contribution is -3.06. The minimum absolute atomic E-state index is 1.18. The highest BCUT2D eigenvalue weighted by molar-refractivity contribution is 5.27. The van der Waals surface area contributed by atoms with Crippen LogP contribution in [0.4, 0.5) is 5.69 Å². The first-order valence-electron chi connectivity index (χ1n) is 4.78. The molecular formula is C11H18N+. The molecule has 1 atom stereocenters. The number of benzene rings is 1. The average Bonchev–Trinajstić information content (AvgIpc) is 2.15. The van der Waals surface area contributed by atoms with Gasteiger partial charge in [-0.05, 0) is 25.5 Å². The highest BCUT2D eigenvalue weighted by atomic mass is 15.1. The van der Waals surface area contributed by atoms with E-state index in [-0.39, 0.29) is 0 Å². The number of para-hydroxylation sites is 1. The molecule has 0 saturated carbocycles. The Morgan fingerprint density at radius 2 is 1.75 bits per heavy atom. The Morgan fingerprint density at radius 1 is 1.08 bits per heavy atom. The normalized spacial score (nSPS) is 12.8. The molecule has 66 valence electrons. The predicted octanol–water partition coefficient (Wildman–Crippen LogP) is 1.63. The van der Waals surface area contributed by atoms with E-state index in [2.05, 4.69) is 44.2 Å². The summed E-state index contributed by atoms with van der Waals surface area (Å²) in [6.45, 7) is 6.88. The van der Waals surface area contributed by atoms with Gasteiger partial charge < -0.3 is 4.90 Å². The third-order valence-corrected chi connectivity index (χ3v) is 2.16. The molecule has 0 saturated heterocycles. The van der Waals surface area contributed by atoms with Gasteiger partial charge in [-0.2, -0.15) is 0 Å². The number of hydrogen-bond donors (Lipinski definition) is 1. The molecule has 0 amide bonds. The van der Waals surface area contributed by atoms with Gasteiger partial charge in [0.2, 0.25) is 0 Å². The molecular weight excluding hydrogens is 146 g/mol. The smallest absolute Gasteiger partial charge is 0.131 e. The summed E-state index contributed by atoms with van der Waals surface area (Å²) in [6.07, 6.45) is 1.25. The minimum atomic E-state index is 1.18. The summed E-state index contributed by atoms with van der Waals surface area (Å²) >= 11 is 0. The van der Waals surface area contributed by atoms with E-state index in [0.717, 1.165) is 0 Å². The van der Waals surface area contributed by atoms with Crippen molar-refractivity contribution in [2.24, 2.45) is 0 Å². The van der Waals surface area contributed by atoms with Crippen LogP contribution < -0.4 is 4.90 Å². The molecule has 1 heteroatoms. The Kier molecular flexibility index (Phi) is 3.81. The lowest BCUT2D eigenvalue weighted by atomic mass is 10.3. The fraction of sp³-hybridized carbons (Fsp3) is 0.455. The Labute approximate surface area is 75.0 Å². The van der Waals surface area contributed by atoms with Crippen molar-refractivity contribution in [3.05, 3.63) is 30.3 Å². The molecule has 0 bridgehead atoms. The van der Waals surface area contributed by atoms with Gasteiger partial charge in [-0.3, -0.25) is 0 Å². The van der Waals surface area contributed by atoms with Crippen molar-refractivity contribution in [1.29, 1.82) is 0 Å². The molecule has 0 fully saturated rings. The maximum atomic E-state index is 2.23. The van der Waals surface area contributed by atoms with Gasteiger partial charge in [0, 0.05) is 0 Å². The second-order valence-corrected chi connectivity index (χ2v) is 3.07. The number of quaternary nitrogens is 1. The van der Waals surface area contributed by atoms with Crippen LogP contribution in [0.1, 0.15) is 20.3 Å². The molecule has 1 aromatic carbocycles. The molecule has 1 nitrogen and oxygen atoms in total. The van der Waals surface area contributed by atoms with Gasteiger partial charge in [0.15, 0.2) is 0 Å². The van der Waals surface area contributed by atoms with E-state index >= 15 is 0 Å². The third kappa shape index (κ3) is 2.35. The quantitative estimate of drug-likeness (QED) is 0.690. The zero-order valence-electron chi connectivity index (χ0n) is 8.01. The first-order chi connectivity index (χ1) is 5.88. The van der Waals surface area contributed by atoms with Crippen molar-refractivity contribution in [2.45, 2.75) is 20.3 Å². The zero-order valence-corrected chi connectivity index (χ0v) is 8.01. The van der Waals surface area contributed by atoms with E-state index in [9.17, 15) is 0 Å². The summed E-state index contributed by atoms with van der Waals surface area (Å²) in [5, 5.41) is 0. The molecule has 12 heavy (non-hydrogen) atoms. The number of rotatable bonds is 4. The SMILES string of the molecule is CCC[NH+](CC)c1ccccc1. The fourth-order valence-electron chi connectivity index (χ4n) is 1.50. The van der Waals surface area contributed by atoms with Crippen LogP contribution in [0, 0.1) is 0 Å². The summed E-state index contributed by atoms with van der Waals surface area (Å²) in [7, 11) is 0. The zero-order chi connectivity index (χ0) is 8.81. The van der Waals surface area contributed by atoms with Crippen molar-refractivity contribution >= 4 is 5.69 Å². The van der Waals surface area contributed by atoms with Crippen LogP contribution in [0.25, 0.3) is 0 Å². The van der Waals surface area contributed by atoms with E-state index < -0.39 is 0 Å². The van der Waals surface area contributed by atoms with Crippen molar-refractivity contribution < 1.29 is 4.90 Å². The first-order valence-corrected chi connectivity index (χ1v) is 4.78. The molecule has 0 heterocycles. The Bertz CT molecular complexity index is 206. The van der Waals surface area contributed by atoms with E-state index in [1.807, 2.05) is 0 Å². The van der Waals surface area contributed by atoms with Gasteiger partial charge in [-0.15, -0.1) is 0 Å². The average molecular weight is 164 g/mol. The van der Waals surface area contributed by atoms with E-state index in [1.165, 1.54) is 25.2 Å². The predicted molar refractivity (Wildman–Crippen MR) is 52.8 cm³/mol. The van der Waals surface area contributed by atoms with Gasteiger partial charge in [-0.1, -0.05) is 25.1 Å². The monoisotopic (exact) mass is 164 g/mol. The highest BCUT2D eigenvalue weighted by Crippen LogP contribution is 1.97. The molecule has 0 aliphatic rings. The van der Waals surface area contributed by atoms with Crippen molar-refractivity contribution in [2.75, 3.05) is 13.1 Å². The molecule has 0 aromatic heterocycles. The lowest BCUT2D eigenvalue weighted by Gasteiger charge is -2.15. The molecule has 0 aliphatic heterocycles. The van der Waals surface area contributed by atoms with Crippen LogP contribution in [-0.2, 0) is 0 Å². The van der Waals surface area contributed by atoms with Crippen molar-refractivity contribution in [1.82, 2.24) is 0 Å². The Hall–Kier alpha value is -0.820. The van der Waals surface area contributed by atoms with Crippen LogP contribution >= 0.6 is 0 Å². The van der Waals surface area contributed by atoms with E-state index in [1.54, 1.807) is 4.90 Å². The summed E-state index contributed by atoms with van der Waals surface area (Å²) in [5.41, 5.74) is 1.42. The number of hydrogen-bond acceptors (Lipinski definition) is 0. The molecule has 1 aromatic rings. The second kappa shape index (κ2) is 4.94. The van der Waals surface area contributed by atoms with Crippen LogP contribution in [0.15, 0.2) is 30.3 Å². The summed E-state index contributed by atoms with van der Waals surface area (Å²) in [5.74, 6) is 0. The van der Waals surface area contributed by atoms with Gasteiger partial charge in [0.05, 0.1) is 13.1 Å². The standard InChI is InChI=1S/C11H17N/c1-3-10-12(4-2)11-8-6-5-7-9-11/h5-9H,3-4,10H2,1-2H3/p+1. The maximum absolute atomic E-state index is 2.23. The summed E-state index contributed by atoms with van der Waals surface area (Å²) in [4.78, 5) is 1.58. The summed E-state index contributed by atoms with van der Waals surface area (Å²) in [6, 6.07) is 10.7. The van der Waals surface area contributed by atoms with Gasteiger partial charge in [-0.25, -0.2) is 0 Å². The lowest BCUT2D eigenvalue weighted by molar-refractivity contribution is -0.830. The highest BCUT2D eigenvalue weighted by Gasteiger charge is 2.05. The number of nitrogens with one attached hydrogen (secondary N) is 1. The van der Waals surface area contributed by atoms with Crippen molar-refractivity contribution in [3.63, 3.8) is 0 Å². The van der Waals surface area contributed by atoms with Crippen molar-refractivity contribution in [3.8, 4) is 0 Å². The molecule has 0 radical (unpaired) electrons. The summed E-state index contributed by atoms with van der Waals surface area (Å²) < 4.78 is 0. The Morgan fingerprint density at radius 3 is 2.25 bits per heavy atom. The molecule has 1 rings (SSSR count). The van der Waals surface area contributed by atoms with Crippen LogP contribution in [0.5, 0.6) is 0 Å². The van der Waals surface area contributed by atoms with Crippen LogP contribution in [0.3, 0.4) is 0 Å². The third-order valence-electron chi connectivity index (χ3n) is 2.16. The minimum Gasteiger partial charge on any atom is -0.303 e. The molecule has 0 spiro atoms.